The van der Waals surface area contributed by atoms with Crippen molar-refractivity contribution in [2.45, 2.75) is 24.8 Å². The molecule has 0 atom stereocenters. The highest BCUT2D eigenvalue weighted by Gasteiger charge is 2.34. The molecular weight excluding hydrogens is 244 g/mol. The minimum atomic E-state index is -0.809. The number of hydrogen-bond donors (Lipinski definition) is 1. The Morgan fingerprint density at radius 1 is 0.947 bits per heavy atom. The number of benzene rings is 2. The minimum Gasteiger partial charge on any atom is -0.324 e. The van der Waals surface area contributed by atoms with E-state index >= 15 is 0 Å². The fourth-order valence-corrected chi connectivity index (χ4v) is 2.91. The normalized spacial score (nSPS) is 16.4. The first-order chi connectivity index (χ1) is 9.07. The van der Waals surface area contributed by atoms with Gasteiger partial charge >= 0.3 is 0 Å². The number of fused-ring (bicyclic) bond motifs is 1. The molecule has 0 spiro atoms. The number of nitrogens with two attached hydrogens (primary N) is 1. The number of hydrogen-bond acceptors (Lipinski definition) is 1. The maximum atomic E-state index is 13.7. The third-order valence-corrected chi connectivity index (χ3v) is 3.78. The Hall–Kier alpha value is -1.74. The van der Waals surface area contributed by atoms with Crippen molar-refractivity contribution in [2.24, 2.45) is 5.73 Å². The molecule has 19 heavy (non-hydrogen) atoms. The van der Waals surface area contributed by atoms with Crippen molar-refractivity contribution < 1.29 is 8.78 Å². The van der Waals surface area contributed by atoms with Gasteiger partial charge < -0.3 is 5.73 Å². The first-order valence-corrected chi connectivity index (χ1v) is 6.36. The number of halogens is 2. The van der Waals surface area contributed by atoms with Gasteiger partial charge in [-0.25, -0.2) is 8.78 Å². The first kappa shape index (κ1) is 12.3. The summed E-state index contributed by atoms with van der Waals surface area (Å²) in [5.74, 6) is -1.58. The second kappa shape index (κ2) is 4.42. The highest BCUT2D eigenvalue weighted by Crippen LogP contribution is 2.31. The van der Waals surface area contributed by atoms with E-state index in [9.17, 15) is 8.78 Å². The third kappa shape index (κ3) is 2.26. The molecule has 98 valence electrons. The fourth-order valence-electron chi connectivity index (χ4n) is 2.91. The molecule has 0 heterocycles. The van der Waals surface area contributed by atoms with E-state index in [-0.39, 0.29) is 0 Å². The lowest BCUT2D eigenvalue weighted by Crippen LogP contribution is -2.43. The minimum absolute atomic E-state index is 0.352. The van der Waals surface area contributed by atoms with E-state index in [1.165, 1.54) is 17.2 Å². The highest BCUT2D eigenvalue weighted by molar-refractivity contribution is 5.37. The molecule has 2 aromatic rings. The van der Waals surface area contributed by atoms with Crippen molar-refractivity contribution in [3.8, 4) is 0 Å². The summed E-state index contributed by atoms with van der Waals surface area (Å²) in [4.78, 5) is 0. The van der Waals surface area contributed by atoms with Gasteiger partial charge in [0.1, 0.15) is 0 Å². The van der Waals surface area contributed by atoms with Crippen molar-refractivity contribution in [2.75, 3.05) is 0 Å². The van der Waals surface area contributed by atoms with Crippen LogP contribution < -0.4 is 5.73 Å². The SMILES string of the molecule is NC1(Cc2cccc(F)c2F)Cc2ccccc2C1. The summed E-state index contributed by atoms with van der Waals surface area (Å²) in [6, 6.07) is 12.3. The summed E-state index contributed by atoms with van der Waals surface area (Å²) >= 11 is 0. The van der Waals surface area contributed by atoms with Gasteiger partial charge in [-0.05, 0) is 42.0 Å². The summed E-state index contributed by atoms with van der Waals surface area (Å²) in [5.41, 5.74) is 8.63. The molecule has 0 radical (unpaired) electrons. The molecule has 0 bridgehead atoms. The zero-order valence-corrected chi connectivity index (χ0v) is 10.5. The maximum Gasteiger partial charge on any atom is 0.162 e. The average Bonchev–Trinajstić information content (AvgIpc) is 2.71. The summed E-state index contributed by atoms with van der Waals surface area (Å²) in [5, 5.41) is 0. The van der Waals surface area contributed by atoms with Gasteiger partial charge in [0, 0.05) is 5.54 Å². The largest absolute Gasteiger partial charge is 0.324 e. The maximum absolute atomic E-state index is 13.7. The summed E-state index contributed by atoms with van der Waals surface area (Å²) in [6.07, 6.45) is 1.77. The quantitative estimate of drug-likeness (QED) is 0.881. The van der Waals surface area contributed by atoms with Gasteiger partial charge in [0.05, 0.1) is 0 Å². The van der Waals surface area contributed by atoms with Gasteiger partial charge in [0.15, 0.2) is 11.6 Å². The predicted molar refractivity (Wildman–Crippen MR) is 70.8 cm³/mol. The Morgan fingerprint density at radius 2 is 1.58 bits per heavy atom. The lowest BCUT2D eigenvalue weighted by molar-refractivity contribution is 0.426. The molecule has 0 fully saturated rings. The predicted octanol–water partition coefficient (Wildman–Crippen LogP) is 3.00. The Bertz CT molecular complexity index is 597. The highest BCUT2D eigenvalue weighted by atomic mass is 19.2. The van der Waals surface area contributed by atoms with Crippen LogP contribution in [0.2, 0.25) is 0 Å². The topological polar surface area (TPSA) is 26.0 Å². The fraction of sp³-hybridized carbons (Fsp3) is 0.250. The molecular formula is C16H15F2N. The molecule has 1 aliphatic carbocycles. The molecule has 0 unspecified atom stereocenters. The molecule has 2 N–H and O–H groups in total. The van der Waals surface area contributed by atoms with E-state index in [1.54, 1.807) is 6.07 Å². The van der Waals surface area contributed by atoms with Crippen LogP contribution >= 0.6 is 0 Å². The van der Waals surface area contributed by atoms with Gasteiger partial charge in [-0.2, -0.15) is 0 Å². The monoisotopic (exact) mass is 259 g/mol. The van der Waals surface area contributed by atoms with Crippen LogP contribution in [0.4, 0.5) is 8.78 Å². The van der Waals surface area contributed by atoms with Gasteiger partial charge in [-0.3, -0.25) is 0 Å². The molecule has 1 nitrogen and oxygen atoms in total. The molecule has 3 heteroatoms. The van der Waals surface area contributed by atoms with Crippen molar-refractivity contribution in [3.63, 3.8) is 0 Å². The van der Waals surface area contributed by atoms with Crippen LogP contribution in [-0.4, -0.2) is 5.54 Å². The van der Waals surface area contributed by atoms with Crippen LogP contribution in [0, 0.1) is 11.6 Å². The van der Waals surface area contributed by atoms with Crippen LogP contribution in [0.3, 0.4) is 0 Å². The van der Waals surface area contributed by atoms with Crippen molar-refractivity contribution in [3.05, 3.63) is 70.8 Å². The Labute approximate surface area is 111 Å². The van der Waals surface area contributed by atoms with E-state index in [4.69, 9.17) is 5.73 Å². The average molecular weight is 259 g/mol. The van der Waals surface area contributed by atoms with Gasteiger partial charge in [-0.1, -0.05) is 36.4 Å². The van der Waals surface area contributed by atoms with Crippen molar-refractivity contribution >= 4 is 0 Å². The molecule has 0 saturated heterocycles. The molecule has 2 aromatic carbocycles. The third-order valence-electron chi connectivity index (χ3n) is 3.78. The van der Waals surface area contributed by atoms with E-state index in [0.29, 0.717) is 24.8 Å². The molecule has 3 rings (SSSR count). The molecule has 0 saturated carbocycles. The van der Waals surface area contributed by atoms with Crippen LogP contribution in [0.15, 0.2) is 42.5 Å². The van der Waals surface area contributed by atoms with Crippen LogP contribution in [0.25, 0.3) is 0 Å². The first-order valence-electron chi connectivity index (χ1n) is 6.36. The Balaban J connectivity index is 1.87. The number of rotatable bonds is 2. The standard InChI is InChI=1S/C16H15F2N/c17-14-7-3-6-13(15(14)18)10-16(19)8-11-4-1-2-5-12(11)9-16/h1-7H,8-10,19H2. The zero-order chi connectivity index (χ0) is 13.5. The molecule has 0 amide bonds. The lowest BCUT2D eigenvalue weighted by Gasteiger charge is -2.24. The summed E-state index contributed by atoms with van der Waals surface area (Å²) in [6.45, 7) is 0. The van der Waals surface area contributed by atoms with Crippen LogP contribution in [-0.2, 0) is 19.3 Å². The van der Waals surface area contributed by atoms with Gasteiger partial charge in [0.2, 0.25) is 0 Å². The van der Waals surface area contributed by atoms with Gasteiger partial charge in [-0.15, -0.1) is 0 Å². The molecule has 1 aliphatic rings. The van der Waals surface area contributed by atoms with E-state index in [1.807, 2.05) is 24.3 Å². The molecule has 0 aromatic heterocycles. The smallest absolute Gasteiger partial charge is 0.162 e. The van der Waals surface area contributed by atoms with Gasteiger partial charge in [0.25, 0.3) is 0 Å². The van der Waals surface area contributed by atoms with Crippen LogP contribution in [0.5, 0.6) is 0 Å². The second-order valence-corrected chi connectivity index (χ2v) is 5.37. The second-order valence-electron chi connectivity index (χ2n) is 5.37. The van der Waals surface area contributed by atoms with Crippen molar-refractivity contribution in [1.29, 1.82) is 0 Å². The van der Waals surface area contributed by atoms with E-state index in [2.05, 4.69) is 0 Å². The summed E-state index contributed by atoms with van der Waals surface area (Å²) < 4.78 is 26.9. The summed E-state index contributed by atoms with van der Waals surface area (Å²) in [7, 11) is 0. The van der Waals surface area contributed by atoms with Crippen molar-refractivity contribution in [1.82, 2.24) is 0 Å². The molecule has 0 aliphatic heterocycles. The van der Waals surface area contributed by atoms with Crippen LogP contribution in [0.1, 0.15) is 16.7 Å². The Morgan fingerprint density at radius 3 is 2.21 bits per heavy atom. The Kier molecular flexibility index (Phi) is 2.86. The zero-order valence-electron chi connectivity index (χ0n) is 10.5. The lowest BCUT2D eigenvalue weighted by atomic mass is 9.88. The van der Waals surface area contributed by atoms with E-state index < -0.39 is 17.2 Å². The van der Waals surface area contributed by atoms with E-state index in [0.717, 1.165) is 6.07 Å².